The molecule has 0 atom stereocenters. The Bertz CT molecular complexity index is 768. The van der Waals surface area contributed by atoms with Crippen LogP contribution in [0, 0.1) is 13.8 Å². The number of methoxy groups -OCH3 is 1. The monoisotopic (exact) mass is 353 g/mol. The van der Waals surface area contributed by atoms with E-state index in [0.29, 0.717) is 6.54 Å². The second-order valence-corrected chi connectivity index (χ2v) is 6.76. The number of carbonyl (C=O) groups excluding carboxylic acids is 1. The molecule has 1 fully saturated rings. The predicted octanol–water partition coefficient (Wildman–Crippen LogP) is 3.07. The fourth-order valence-corrected chi connectivity index (χ4v) is 3.25. The van der Waals surface area contributed by atoms with Crippen LogP contribution in [0.3, 0.4) is 0 Å². The third-order valence-corrected chi connectivity index (χ3v) is 5.04. The van der Waals surface area contributed by atoms with Crippen LogP contribution >= 0.6 is 0 Å². The van der Waals surface area contributed by atoms with Crippen molar-refractivity contribution in [3.05, 3.63) is 53.6 Å². The van der Waals surface area contributed by atoms with Crippen molar-refractivity contribution in [2.75, 3.05) is 50.1 Å². The lowest BCUT2D eigenvalue weighted by atomic mass is 10.1. The lowest BCUT2D eigenvalue weighted by Gasteiger charge is -2.35. The van der Waals surface area contributed by atoms with Gasteiger partial charge in [-0.3, -0.25) is 9.69 Å². The molecule has 2 aromatic carbocycles. The average Bonchev–Trinajstić information content (AvgIpc) is 2.66. The van der Waals surface area contributed by atoms with Gasteiger partial charge in [-0.2, -0.15) is 0 Å². The van der Waals surface area contributed by atoms with Crippen LogP contribution in [0.2, 0.25) is 0 Å². The predicted molar refractivity (Wildman–Crippen MR) is 106 cm³/mol. The van der Waals surface area contributed by atoms with Gasteiger partial charge in [-0.25, -0.2) is 0 Å². The zero-order valence-electron chi connectivity index (χ0n) is 15.8. The van der Waals surface area contributed by atoms with Crippen molar-refractivity contribution in [1.29, 1.82) is 0 Å². The zero-order chi connectivity index (χ0) is 18.5. The number of rotatable bonds is 5. The van der Waals surface area contributed by atoms with E-state index in [9.17, 15) is 4.79 Å². The second kappa shape index (κ2) is 8.23. The van der Waals surface area contributed by atoms with E-state index >= 15 is 0 Å². The Morgan fingerprint density at radius 1 is 1.08 bits per heavy atom. The fraction of sp³-hybridized carbons (Fsp3) is 0.381. The first-order chi connectivity index (χ1) is 12.6. The molecule has 0 bridgehead atoms. The molecule has 0 aromatic heterocycles. The first-order valence-corrected chi connectivity index (χ1v) is 9.04. The van der Waals surface area contributed by atoms with Crippen molar-refractivity contribution >= 4 is 17.3 Å². The Hall–Kier alpha value is -2.53. The molecule has 0 aliphatic carbocycles. The summed E-state index contributed by atoms with van der Waals surface area (Å²) in [5, 5.41) is 3.05. The molecule has 5 heteroatoms. The Morgan fingerprint density at radius 2 is 1.81 bits per heavy atom. The normalized spacial score (nSPS) is 15.0. The van der Waals surface area contributed by atoms with E-state index in [1.807, 2.05) is 31.2 Å². The van der Waals surface area contributed by atoms with Gasteiger partial charge in [-0.1, -0.05) is 18.2 Å². The van der Waals surface area contributed by atoms with E-state index in [1.54, 1.807) is 7.11 Å². The second-order valence-electron chi connectivity index (χ2n) is 6.76. The maximum absolute atomic E-state index is 12.4. The topological polar surface area (TPSA) is 44.8 Å². The summed E-state index contributed by atoms with van der Waals surface area (Å²) in [5.74, 6) is 0.923. The molecule has 1 aliphatic rings. The molecule has 26 heavy (non-hydrogen) atoms. The van der Waals surface area contributed by atoms with Gasteiger partial charge in [0.05, 0.1) is 13.7 Å². The number of carbonyl (C=O) groups is 1. The lowest BCUT2D eigenvalue weighted by molar-refractivity contribution is -0.117. The summed E-state index contributed by atoms with van der Waals surface area (Å²) in [7, 11) is 1.69. The van der Waals surface area contributed by atoms with Gasteiger partial charge in [0.15, 0.2) is 0 Å². The molecule has 0 spiro atoms. The van der Waals surface area contributed by atoms with Gasteiger partial charge >= 0.3 is 0 Å². The van der Waals surface area contributed by atoms with Crippen LogP contribution in [-0.4, -0.2) is 50.6 Å². The number of hydrogen-bond acceptors (Lipinski definition) is 4. The first kappa shape index (κ1) is 18.3. The molecule has 1 amide bonds. The molecule has 0 unspecified atom stereocenters. The summed E-state index contributed by atoms with van der Waals surface area (Å²) in [5.41, 5.74) is 4.40. The maximum Gasteiger partial charge on any atom is 0.238 e. The highest BCUT2D eigenvalue weighted by Gasteiger charge is 2.19. The summed E-state index contributed by atoms with van der Waals surface area (Å²) in [6.45, 7) is 8.09. The fourth-order valence-electron chi connectivity index (χ4n) is 3.25. The molecule has 1 heterocycles. The maximum atomic E-state index is 12.4. The number of ether oxygens (including phenoxy) is 1. The highest BCUT2D eigenvalue weighted by Crippen LogP contribution is 2.22. The zero-order valence-corrected chi connectivity index (χ0v) is 15.8. The minimum atomic E-state index is 0.0496. The van der Waals surface area contributed by atoms with Crippen molar-refractivity contribution < 1.29 is 9.53 Å². The molecule has 1 N–H and O–H groups in total. The standard InChI is InChI=1S/C21H27N3O2/c1-16-6-4-9-20(17(16)2)22-21(25)15-23-10-12-24(13-11-23)18-7-5-8-19(14-18)26-3/h4-9,14H,10-13,15H2,1-3H3,(H,22,25). The van der Waals surface area contributed by atoms with Crippen LogP contribution in [0.15, 0.2) is 42.5 Å². The summed E-state index contributed by atoms with van der Waals surface area (Å²) < 4.78 is 5.30. The number of piperazine rings is 1. The van der Waals surface area contributed by atoms with Crippen LogP contribution in [0.25, 0.3) is 0 Å². The van der Waals surface area contributed by atoms with Crippen LogP contribution in [-0.2, 0) is 4.79 Å². The van der Waals surface area contributed by atoms with E-state index < -0.39 is 0 Å². The largest absolute Gasteiger partial charge is 0.497 e. The van der Waals surface area contributed by atoms with Gasteiger partial charge in [0.1, 0.15) is 5.75 Å². The van der Waals surface area contributed by atoms with E-state index in [-0.39, 0.29) is 5.91 Å². The van der Waals surface area contributed by atoms with Gasteiger partial charge in [0.2, 0.25) is 5.91 Å². The van der Waals surface area contributed by atoms with E-state index in [0.717, 1.165) is 43.2 Å². The highest BCUT2D eigenvalue weighted by atomic mass is 16.5. The Balaban J connectivity index is 1.52. The SMILES string of the molecule is COc1cccc(N2CCN(CC(=O)Nc3cccc(C)c3C)CC2)c1. The minimum absolute atomic E-state index is 0.0496. The number of benzene rings is 2. The molecule has 0 radical (unpaired) electrons. The number of amides is 1. The van der Waals surface area contributed by atoms with Crippen molar-refractivity contribution in [1.82, 2.24) is 4.90 Å². The Labute approximate surface area is 155 Å². The lowest BCUT2D eigenvalue weighted by Crippen LogP contribution is -2.48. The third kappa shape index (κ3) is 4.35. The summed E-state index contributed by atoms with van der Waals surface area (Å²) in [4.78, 5) is 16.9. The minimum Gasteiger partial charge on any atom is -0.497 e. The highest BCUT2D eigenvalue weighted by molar-refractivity contribution is 5.93. The molecule has 2 aromatic rings. The van der Waals surface area contributed by atoms with Crippen LogP contribution in [0.4, 0.5) is 11.4 Å². The number of aryl methyl sites for hydroxylation is 1. The first-order valence-electron chi connectivity index (χ1n) is 9.04. The number of nitrogens with zero attached hydrogens (tertiary/aromatic N) is 2. The number of hydrogen-bond donors (Lipinski definition) is 1. The van der Waals surface area contributed by atoms with E-state index in [2.05, 4.69) is 40.2 Å². The van der Waals surface area contributed by atoms with Crippen molar-refractivity contribution in [2.45, 2.75) is 13.8 Å². The molecule has 138 valence electrons. The van der Waals surface area contributed by atoms with Crippen LogP contribution < -0.4 is 15.0 Å². The molecular formula is C21H27N3O2. The van der Waals surface area contributed by atoms with Gasteiger partial charge in [-0.15, -0.1) is 0 Å². The van der Waals surface area contributed by atoms with Gasteiger partial charge in [-0.05, 0) is 43.2 Å². The number of nitrogens with one attached hydrogen (secondary N) is 1. The van der Waals surface area contributed by atoms with Crippen LogP contribution in [0.5, 0.6) is 5.75 Å². The molecule has 1 aliphatic heterocycles. The molecule has 0 saturated carbocycles. The Morgan fingerprint density at radius 3 is 2.54 bits per heavy atom. The molecular weight excluding hydrogens is 326 g/mol. The van der Waals surface area contributed by atoms with Crippen molar-refractivity contribution in [3.8, 4) is 5.75 Å². The quantitative estimate of drug-likeness (QED) is 0.897. The molecule has 5 nitrogen and oxygen atoms in total. The smallest absolute Gasteiger partial charge is 0.238 e. The van der Waals surface area contributed by atoms with Gasteiger partial charge in [0, 0.05) is 43.6 Å². The van der Waals surface area contributed by atoms with E-state index in [4.69, 9.17) is 4.74 Å². The summed E-state index contributed by atoms with van der Waals surface area (Å²) in [6, 6.07) is 14.1. The molecule has 1 saturated heterocycles. The van der Waals surface area contributed by atoms with Gasteiger partial charge < -0.3 is 15.0 Å². The third-order valence-electron chi connectivity index (χ3n) is 5.04. The Kier molecular flexibility index (Phi) is 5.78. The summed E-state index contributed by atoms with van der Waals surface area (Å²) >= 11 is 0. The molecule has 3 rings (SSSR count). The van der Waals surface area contributed by atoms with Gasteiger partial charge in [0.25, 0.3) is 0 Å². The van der Waals surface area contributed by atoms with Crippen molar-refractivity contribution in [3.63, 3.8) is 0 Å². The van der Waals surface area contributed by atoms with Crippen LogP contribution in [0.1, 0.15) is 11.1 Å². The van der Waals surface area contributed by atoms with Crippen molar-refractivity contribution in [2.24, 2.45) is 0 Å². The average molecular weight is 353 g/mol. The summed E-state index contributed by atoms with van der Waals surface area (Å²) in [6.07, 6.45) is 0. The number of anilines is 2. The van der Waals surface area contributed by atoms with E-state index in [1.165, 1.54) is 11.3 Å².